The summed E-state index contributed by atoms with van der Waals surface area (Å²) in [4.78, 5) is 0. The number of rotatable bonds is 8. The molecule has 0 bridgehead atoms. The van der Waals surface area contributed by atoms with Crippen LogP contribution in [0, 0.1) is 0 Å². The molecule has 270 valence electrons. The van der Waals surface area contributed by atoms with Gasteiger partial charge in [0.25, 0.3) is 0 Å². The first-order valence-corrected chi connectivity index (χ1v) is 17.0. The Hall–Kier alpha value is -5.90. The third kappa shape index (κ3) is 7.26. The highest BCUT2D eigenvalue weighted by molar-refractivity contribution is 5.77. The van der Waals surface area contributed by atoms with E-state index in [0.29, 0.717) is 0 Å². The summed E-state index contributed by atoms with van der Waals surface area (Å²) in [7, 11) is 0. The molecule has 4 nitrogen and oxygen atoms in total. The maximum absolute atomic E-state index is 14.0. The van der Waals surface area contributed by atoms with Gasteiger partial charge in [0.1, 0.15) is 34.1 Å². The molecule has 1 fully saturated rings. The Labute approximate surface area is 302 Å². The van der Waals surface area contributed by atoms with Gasteiger partial charge in [-0.05, 0) is 107 Å². The van der Waals surface area contributed by atoms with Crippen LogP contribution in [0.1, 0.15) is 47.9 Å². The van der Waals surface area contributed by atoms with Crippen molar-refractivity contribution in [2.24, 2.45) is 0 Å². The van der Waals surface area contributed by atoms with E-state index in [1.54, 1.807) is 24.3 Å². The zero-order valence-corrected chi connectivity index (χ0v) is 28.3. The first-order chi connectivity index (χ1) is 25.3. The smallest absolute Gasteiger partial charge is 0.420 e. The fourth-order valence-electron chi connectivity index (χ4n) is 7.35. The van der Waals surface area contributed by atoms with Gasteiger partial charge in [-0.3, -0.25) is 0 Å². The predicted molar refractivity (Wildman–Crippen MR) is 195 cm³/mol. The van der Waals surface area contributed by atoms with Gasteiger partial charge in [0, 0.05) is 16.8 Å². The van der Waals surface area contributed by atoms with Gasteiger partial charge in [-0.1, -0.05) is 85.6 Å². The summed E-state index contributed by atoms with van der Waals surface area (Å²) in [5, 5.41) is 0. The number of hydrogen-bond donors (Lipinski definition) is 2. The van der Waals surface area contributed by atoms with Gasteiger partial charge >= 0.3 is 12.4 Å². The molecule has 1 aliphatic rings. The zero-order valence-electron chi connectivity index (χ0n) is 28.3. The zero-order chi connectivity index (χ0) is 37.4. The second-order valence-electron chi connectivity index (χ2n) is 13.1. The summed E-state index contributed by atoms with van der Waals surface area (Å²) >= 11 is 0. The van der Waals surface area contributed by atoms with Crippen molar-refractivity contribution in [1.82, 2.24) is 0 Å². The number of hydrogen-bond acceptors (Lipinski definition) is 4. The summed E-state index contributed by atoms with van der Waals surface area (Å²) in [6, 6.07) is 36.7. The van der Waals surface area contributed by atoms with Crippen LogP contribution in [0.15, 0.2) is 133 Å². The maximum Gasteiger partial charge on any atom is 0.420 e. The van der Waals surface area contributed by atoms with Crippen molar-refractivity contribution >= 4 is 11.4 Å². The maximum atomic E-state index is 14.0. The van der Waals surface area contributed by atoms with Crippen molar-refractivity contribution < 1.29 is 35.8 Å². The lowest BCUT2D eigenvalue weighted by Crippen LogP contribution is -2.25. The lowest BCUT2D eigenvalue weighted by atomic mass is 9.68. The number of alkyl halides is 6. The van der Waals surface area contributed by atoms with Crippen LogP contribution in [0.4, 0.5) is 37.7 Å². The highest BCUT2D eigenvalue weighted by Crippen LogP contribution is 2.53. The fraction of sp³-hybridized carbons (Fsp3) is 0.163. The van der Waals surface area contributed by atoms with Gasteiger partial charge in [-0.15, -0.1) is 0 Å². The van der Waals surface area contributed by atoms with Crippen molar-refractivity contribution in [2.75, 3.05) is 11.5 Å². The van der Waals surface area contributed by atoms with Crippen LogP contribution in [0.2, 0.25) is 0 Å². The van der Waals surface area contributed by atoms with Crippen LogP contribution in [0.3, 0.4) is 0 Å². The minimum Gasteiger partial charge on any atom is -0.457 e. The molecule has 0 aromatic heterocycles. The standard InChI is InChI=1S/C43H34F6N2O2/c44-42(45,46)37-23-29(50)13-19-39(37)52-31-15-17-35(33(25-31)27-9-3-1-4-10-27)41(21-7-8-22-41)36-18-16-32(26-34(36)28-11-5-2-6-12-28)53-40-20-14-30(51)24-38(40)43(47,48)49/h1-6,9-20,23-26H,7-8,21-22,50-51H2. The molecule has 1 aliphatic carbocycles. The van der Waals surface area contributed by atoms with Crippen LogP contribution < -0.4 is 20.9 Å². The van der Waals surface area contributed by atoms with Gasteiger partial charge in [-0.25, -0.2) is 0 Å². The van der Waals surface area contributed by atoms with Crippen LogP contribution in [0.25, 0.3) is 22.3 Å². The second kappa shape index (κ2) is 13.9. The molecule has 0 saturated heterocycles. The monoisotopic (exact) mass is 724 g/mol. The van der Waals surface area contributed by atoms with E-state index < -0.39 is 28.9 Å². The molecule has 0 radical (unpaired) electrons. The van der Waals surface area contributed by atoms with E-state index in [9.17, 15) is 26.3 Å². The summed E-state index contributed by atoms with van der Waals surface area (Å²) in [5.74, 6) is -0.310. The Balaban J connectivity index is 1.38. The van der Waals surface area contributed by atoms with Crippen molar-refractivity contribution in [3.63, 3.8) is 0 Å². The first kappa shape index (κ1) is 35.5. The quantitative estimate of drug-likeness (QED) is 0.121. The Bertz CT molecular complexity index is 2090. The minimum atomic E-state index is -4.69. The fourth-order valence-corrected chi connectivity index (χ4v) is 7.35. The minimum absolute atomic E-state index is 0.0342. The average Bonchev–Trinajstić information content (AvgIpc) is 3.64. The van der Waals surface area contributed by atoms with E-state index in [0.717, 1.165) is 71.2 Å². The van der Waals surface area contributed by atoms with E-state index in [-0.39, 0.29) is 34.4 Å². The molecule has 53 heavy (non-hydrogen) atoms. The predicted octanol–water partition coefficient (Wildman–Crippen LogP) is 12.7. The van der Waals surface area contributed by atoms with Crippen molar-refractivity contribution in [3.05, 3.63) is 156 Å². The molecule has 10 heteroatoms. The van der Waals surface area contributed by atoms with E-state index in [1.807, 2.05) is 72.8 Å². The highest BCUT2D eigenvalue weighted by atomic mass is 19.4. The average molecular weight is 725 g/mol. The number of nitrogens with two attached hydrogens (primary N) is 2. The Morgan fingerprint density at radius 1 is 0.472 bits per heavy atom. The molecule has 4 N–H and O–H groups in total. The molecule has 7 rings (SSSR count). The number of ether oxygens (including phenoxy) is 2. The van der Waals surface area contributed by atoms with E-state index >= 15 is 0 Å². The van der Waals surface area contributed by atoms with Crippen molar-refractivity contribution in [2.45, 2.75) is 43.5 Å². The highest BCUT2D eigenvalue weighted by Gasteiger charge is 2.42. The lowest BCUT2D eigenvalue weighted by molar-refractivity contribution is -0.139. The third-order valence-corrected chi connectivity index (χ3v) is 9.71. The Morgan fingerprint density at radius 2 is 0.868 bits per heavy atom. The summed E-state index contributed by atoms with van der Waals surface area (Å²) in [6.07, 6.45) is -6.07. The molecule has 0 spiro atoms. The second-order valence-corrected chi connectivity index (χ2v) is 13.1. The summed E-state index contributed by atoms with van der Waals surface area (Å²) < 4.78 is 95.9. The van der Waals surface area contributed by atoms with Crippen LogP contribution in [-0.2, 0) is 17.8 Å². The SMILES string of the molecule is Nc1ccc(Oc2ccc(C3(c4ccc(Oc5ccc(N)cc5C(F)(F)F)cc4-c4ccccc4)CCCC3)c(-c3ccccc3)c2)c(C(F)(F)F)c1. The summed E-state index contributed by atoms with van der Waals surface area (Å²) in [5.41, 5.74) is 13.9. The first-order valence-electron chi connectivity index (χ1n) is 17.0. The molecule has 0 unspecified atom stereocenters. The molecular weight excluding hydrogens is 690 g/mol. The molecule has 0 amide bonds. The third-order valence-electron chi connectivity index (χ3n) is 9.71. The molecule has 0 atom stereocenters. The summed E-state index contributed by atoms with van der Waals surface area (Å²) in [6.45, 7) is 0. The Morgan fingerprint density at radius 3 is 1.25 bits per heavy atom. The van der Waals surface area contributed by atoms with Crippen LogP contribution >= 0.6 is 0 Å². The van der Waals surface area contributed by atoms with Crippen molar-refractivity contribution in [1.29, 1.82) is 0 Å². The largest absolute Gasteiger partial charge is 0.457 e. The number of halogens is 6. The van der Waals surface area contributed by atoms with Gasteiger partial charge in [0.2, 0.25) is 0 Å². The van der Waals surface area contributed by atoms with Crippen LogP contribution in [0.5, 0.6) is 23.0 Å². The number of benzene rings is 6. The van der Waals surface area contributed by atoms with E-state index in [1.165, 1.54) is 24.3 Å². The van der Waals surface area contributed by atoms with Gasteiger partial charge in [-0.2, -0.15) is 26.3 Å². The van der Waals surface area contributed by atoms with Gasteiger partial charge in [0.05, 0.1) is 0 Å². The number of nitrogen functional groups attached to an aromatic ring is 2. The molecule has 1 saturated carbocycles. The molecule has 6 aromatic rings. The Kier molecular flexibility index (Phi) is 9.32. The van der Waals surface area contributed by atoms with Gasteiger partial charge in [0.15, 0.2) is 0 Å². The molecular formula is C43H34F6N2O2. The topological polar surface area (TPSA) is 70.5 Å². The number of anilines is 2. The molecule has 6 aromatic carbocycles. The normalized spacial score (nSPS) is 14.2. The van der Waals surface area contributed by atoms with Crippen molar-refractivity contribution in [3.8, 4) is 45.3 Å². The lowest BCUT2D eigenvalue weighted by Gasteiger charge is -2.35. The molecule has 0 aliphatic heterocycles. The van der Waals surface area contributed by atoms with E-state index in [4.69, 9.17) is 20.9 Å². The molecule has 0 heterocycles. The van der Waals surface area contributed by atoms with E-state index in [2.05, 4.69) is 0 Å². The van der Waals surface area contributed by atoms with Crippen LogP contribution in [-0.4, -0.2) is 0 Å². The van der Waals surface area contributed by atoms with Gasteiger partial charge < -0.3 is 20.9 Å².